The number of ether oxygens (including phenoxy) is 1. The lowest BCUT2D eigenvalue weighted by atomic mass is 9.77. The summed E-state index contributed by atoms with van der Waals surface area (Å²) in [6, 6.07) is 7.42. The molecule has 1 saturated carbocycles. The van der Waals surface area contributed by atoms with Crippen molar-refractivity contribution in [1.29, 1.82) is 0 Å². The van der Waals surface area contributed by atoms with E-state index in [4.69, 9.17) is 4.74 Å². The quantitative estimate of drug-likeness (QED) is 0.414. The topological polar surface area (TPSA) is 9.23 Å². The zero-order valence-corrected chi connectivity index (χ0v) is 16.9. The van der Waals surface area contributed by atoms with Crippen LogP contribution in [-0.4, -0.2) is 6.61 Å². The normalized spacial score (nSPS) is 20.1. The number of hydrogen-bond donors (Lipinski definition) is 0. The fourth-order valence-corrected chi connectivity index (χ4v) is 4.54. The van der Waals surface area contributed by atoms with E-state index in [2.05, 4.69) is 13.8 Å². The van der Waals surface area contributed by atoms with Crippen molar-refractivity contribution >= 4 is 10.8 Å². The molecule has 1 fully saturated rings. The molecule has 0 saturated heterocycles. The van der Waals surface area contributed by atoms with Gasteiger partial charge in [0.15, 0.2) is 0 Å². The van der Waals surface area contributed by atoms with Crippen LogP contribution in [0.2, 0.25) is 0 Å². The van der Waals surface area contributed by atoms with Gasteiger partial charge in [0, 0.05) is 10.9 Å². The minimum absolute atomic E-state index is 0.0112. The molecule has 0 bridgehead atoms. The average molecular weight is 393 g/mol. The Morgan fingerprint density at radius 2 is 1.79 bits per heavy atom. The van der Waals surface area contributed by atoms with Crippen LogP contribution in [0.4, 0.5) is 13.2 Å². The molecule has 1 nitrogen and oxygen atoms in total. The van der Waals surface area contributed by atoms with E-state index in [0.29, 0.717) is 23.1 Å². The van der Waals surface area contributed by atoms with Gasteiger partial charge in [-0.1, -0.05) is 51.3 Å². The molecule has 1 aliphatic carbocycles. The fraction of sp³-hybridized carbons (Fsp3) is 0.583. The standard InChI is InChI=1S/C24H31F3O/c1-3-5-6-7-21-22(28-24(26)27)15-19-14-18(12-13-20(19)23(21)25)17-10-8-16(4-2)9-11-17/h12-17,24H,3-11H2,1-2H3. The molecule has 0 N–H and O–H groups in total. The Morgan fingerprint density at radius 1 is 1.04 bits per heavy atom. The first kappa shape index (κ1) is 21.0. The van der Waals surface area contributed by atoms with Crippen LogP contribution in [0.3, 0.4) is 0 Å². The molecule has 28 heavy (non-hydrogen) atoms. The molecule has 154 valence electrons. The van der Waals surface area contributed by atoms with E-state index in [9.17, 15) is 8.78 Å². The Kier molecular flexibility index (Phi) is 7.25. The number of alkyl halides is 2. The first-order valence-electron chi connectivity index (χ1n) is 10.7. The minimum Gasteiger partial charge on any atom is -0.434 e. The van der Waals surface area contributed by atoms with E-state index in [1.165, 1.54) is 24.8 Å². The summed E-state index contributed by atoms with van der Waals surface area (Å²) in [6.07, 6.45) is 9.06. The molecule has 0 radical (unpaired) electrons. The predicted molar refractivity (Wildman–Crippen MR) is 109 cm³/mol. The van der Waals surface area contributed by atoms with Crippen LogP contribution in [-0.2, 0) is 6.42 Å². The molecule has 3 rings (SSSR count). The first-order valence-corrected chi connectivity index (χ1v) is 10.7. The van der Waals surface area contributed by atoms with Gasteiger partial charge in [0.05, 0.1) is 0 Å². The first-order chi connectivity index (χ1) is 13.5. The van der Waals surface area contributed by atoms with Gasteiger partial charge in [-0.05, 0) is 67.4 Å². The Labute approximate surface area is 166 Å². The van der Waals surface area contributed by atoms with E-state index in [0.717, 1.165) is 38.0 Å². The van der Waals surface area contributed by atoms with Gasteiger partial charge in [-0.15, -0.1) is 0 Å². The van der Waals surface area contributed by atoms with Crippen LogP contribution in [0.25, 0.3) is 10.8 Å². The number of halogens is 3. The summed E-state index contributed by atoms with van der Waals surface area (Å²) >= 11 is 0. The maximum Gasteiger partial charge on any atom is 0.387 e. The molecule has 0 amide bonds. The summed E-state index contributed by atoms with van der Waals surface area (Å²) in [7, 11) is 0. The summed E-state index contributed by atoms with van der Waals surface area (Å²) < 4.78 is 45.7. The van der Waals surface area contributed by atoms with E-state index in [-0.39, 0.29) is 11.3 Å². The number of unbranched alkanes of at least 4 members (excludes halogenated alkanes) is 2. The molecule has 0 unspecified atom stereocenters. The highest BCUT2D eigenvalue weighted by Gasteiger charge is 2.23. The van der Waals surface area contributed by atoms with Crippen LogP contribution in [0.15, 0.2) is 24.3 Å². The maximum atomic E-state index is 15.2. The number of rotatable bonds is 8. The van der Waals surface area contributed by atoms with Crippen molar-refractivity contribution in [3.8, 4) is 5.75 Å². The Hall–Kier alpha value is -1.71. The zero-order valence-electron chi connectivity index (χ0n) is 16.9. The third-order valence-electron chi connectivity index (χ3n) is 6.30. The molecule has 0 aliphatic heterocycles. The fourth-order valence-electron chi connectivity index (χ4n) is 4.54. The Morgan fingerprint density at radius 3 is 2.43 bits per heavy atom. The van der Waals surface area contributed by atoms with Crippen molar-refractivity contribution in [2.75, 3.05) is 0 Å². The molecule has 0 heterocycles. The lowest BCUT2D eigenvalue weighted by Crippen LogP contribution is -2.12. The minimum atomic E-state index is -2.95. The summed E-state index contributed by atoms with van der Waals surface area (Å²) in [5.74, 6) is 0.860. The Balaban J connectivity index is 1.93. The Bertz CT molecular complexity index is 779. The largest absolute Gasteiger partial charge is 0.434 e. The summed E-state index contributed by atoms with van der Waals surface area (Å²) in [4.78, 5) is 0. The average Bonchev–Trinajstić information content (AvgIpc) is 2.69. The molecule has 0 spiro atoms. The van der Waals surface area contributed by atoms with Gasteiger partial charge in [-0.2, -0.15) is 8.78 Å². The lowest BCUT2D eigenvalue weighted by molar-refractivity contribution is -0.0505. The van der Waals surface area contributed by atoms with Gasteiger partial charge in [0.1, 0.15) is 11.6 Å². The van der Waals surface area contributed by atoms with Crippen molar-refractivity contribution in [1.82, 2.24) is 0 Å². The van der Waals surface area contributed by atoms with Crippen molar-refractivity contribution in [3.05, 3.63) is 41.2 Å². The van der Waals surface area contributed by atoms with E-state index in [1.54, 1.807) is 6.07 Å². The second kappa shape index (κ2) is 9.67. The SMILES string of the molecule is CCCCCc1c(OC(F)F)cc2cc(C3CCC(CC)CC3)ccc2c1F. The second-order valence-electron chi connectivity index (χ2n) is 8.11. The number of fused-ring (bicyclic) bond motifs is 1. The molecule has 2 aromatic carbocycles. The van der Waals surface area contributed by atoms with Gasteiger partial charge in [-0.3, -0.25) is 0 Å². The second-order valence-corrected chi connectivity index (χ2v) is 8.11. The summed E-state index contributed by atoms with van der Waals surface area (Å²) in [5.41, 5.74) is 1.46. The molecule has 4 heteroatoms. The summed E-state index contributed by atoms with van der Waals surface area (Å²) in [5, 5.41) is 1.15. The third-order valence-corrected chi connectivity index (χ3v) is 6.30. The predicted octanol–water partition coefficient (Wildman–Crippen LogP) is 8.00. The van der Waals surface area contributed by atoms with E-state index >= 15 is 4.39 Å². The van der Waals surface area contributed by atoms with Crippen molar-refractivity contribution in [3.63, 3.8) is 0 Å². The van der Waals surface area contributed by atoms with Crippen LogP contribution in [0, 0.1) is 11.7 Å². The monoisotopic (exact) mass is 392 g/mol. The molecule has 0 aromatic heterocycles. The van der Waals surface area contributed by atoms with Crippen LogP contribution < -0.4 is 4.74 Å². The molecular weight excluding hydrogens is 361 g/mol. The highest BCUT2D eigenvalue weighted by Crippen LogP contribution is 2.39. The van der Waals surface area contributed by atoms with Gasteiger partial charge < -0.3 is 4.74 Å². The van der Waals surface area contributed by atoms with Crippen LogP contribution >= 0.6 is 0 Å². The molecule has 0 atom stereocenters. The zero-order chi connectivity index (χ0) is 20.1. The third kappa shape index (κ3) is 4.82. The smallest absolute Gasteiger partial charge is 0.387 e. The number of hydrogen-bond acceptors (Lipinski definition) is 1. The van der Waals surface area contributed by atoms with Crippen molar-refractivity contribution in [2.45, 2.75) is 84.2 Å². The van der Waals surface area contributed by atoms with Crippen molar-refractivity contribution < 1.29 is 17.9 Å². The van der Waals surface area contributed by atoms with Gasteiger partial charge in [0.2, 0.25) is 0 Å². The number of benzene rings is 2. The highest BCUT2D eigenvalue weighted by atomic mass is 19.3. The van der Waals surface area contributed by atoms with Gasteiger partial charge in [-0.25, -0.2) is 4.39 Å². The van der Waals surface area contributed by atoms with Crippen LogP contribution in [0.5, 0.6) is 5.75 Å². The van der Waals surface area contributed by atoms with Gasteiger partial charge >= 0.3 is 6.61 Å². The van der Waals surface area contributed by atoms with E-state index in [1.807, 2.05) is 18.2 Å². The van der Waals surface area contributed by atoms with E-state index < -0.39 is 12.4 Å². The molecule has 1 aliphatic rings. The lowest BCUT2D eigenvalue weighted by Gasteiger charge is -2.28. The summed E-state index contributed by atoms with van der Waals surface area (Å²) in [6.45, 7) is 1.35. The highest BCUT2D eigenvalue weighted by molar-refractivity contribution is 5.86. The van der Waals surface area contributed by atoms with Crippen molar-refractivity contribution in [2.24, 2.45) is 5.92 Å². The van der Waals surface area contributed by atoms with Crippen LogP contribution in [0.1, 0.15) is 82.3 Å². The molecule has 2 aromatic rings. The molecular formula is C24H31F3O. The maximum absolute atomic E-state index is 15.2. The van der Waals surface area contributed by atoms with Gasteiger partial charge in [0.25, 0.3) is 0 Å².